The lowest BCUT2D eigenvalue weighted by Gasteiger charge is -2.31. The molecule has 1 fully saturated rings. The molecule has 3 unspecified atom stereocenters. The second-order valence-corrected chi connectivity index (χ2v) is 5.23. The average Bonchev–Trinajstić information content (AvgIpc) is 2.44. The highest BCUT2D eigenvalue weighted by Crippen LogP contribution is 2.31. The van der Waals surface area contributed by atoms with Crippen molar-refractivity contribution >= 4 is 0 Å². The minimum absolute atomic E-state index is 0.805. The van der Waals surface area contributed by atoms with Crippen molar-refractivity contribution in [1.82, 2.24) is 5.32 Å². The maximum absolute atomic E-state index is 3.71. The van der Waals surface area contributed by atoms with Gasteiger partial charge < -0.3 is 5.32 Å². The molecule has 0 aromatic rings. The third-order valence-corrected chi connectivity index (χ3v) is 4.01. The van der Waals surface area contributed by atoms with Crippen molar-refractivity contribution in [3.8, 4) is 0 Å². The van der Waals surface area contributed by atoms with Crippen LogP contribution in [0.5, 0.6) is 0 Å². The van der Waals surface area contributed by atoms with E-state index in [4.69, 9.17) is 0 Å². The molecule has 1 aliphatic rings. The molecule has 1 rings (SSSR count). The SMILES string of the molecule is CCCC(C)C1CCCCCC1NCC. The first-order valence-electron chi connectivity index (χ1n) is 7.03. The fourth-order valence-corrected chi connectivity index (χ4v) is 3.20. The van der Waals surface area contributed by atoms with E-state index in [1.807, 2.05) is 0 Å². The van der Waals surface area contributed by atoms with Gasteiger partial charge in [-0.1, -0.05) is 52.9 Å². The number of hydrogen-bond acceptors (Lipinski definition) is 1. The molecular formula is C14H29N. The molecule has 0 spiro atoms. The summed E-state index contributed by atoms with van der Waals surface area (Å²) in [6.45, 7) is 8.16. The molecule has 0 aromatic carbocycles. The van der Waals surface area contributed by atoms with Crippen LogP contribution in [0, 0.1) is 11.8 Å². The van der Waals surface area contributed by atoms with Crippen LogP contribution in [0.4, 0.5) is 0 Å². The number of rotatable bonds is 5. The molecule has 0 aromatic heterocycles. The van der Waals surface area contributed by atoms with Gasteiger partial charge in [0.2, 0.25) is 0 Å². The first-order valence-corrected chi connectivity index (χ1v) is 7.03. The van der Waals surface area contributed by atoms with Crippen molar-refractivity contribution in [2.45, 2.75) is 71.8 Å². The van der Waals surface area contributed by atoms with E-state index in [1.54, 1.807) is 0 Å². The third-order valence-electron chi connectivity index (χ3n) is 4.01. The summed E-state index contributed by atoms with van der Waals surface area (Å²) in [5, 5.41) is 3.71. The van der Waals surface area contributed by atoms with Gasteiger partial charge in [0.1, 0.15) is 0 Å². The van der Waals surface area contributed by atoms with Crippen LogP contribution in [0.25, 0.3) is 0 Å². The van der Waals surface area contributed by atoms with Crippen LogP contribution < -0.4 is 5.32 Å². The van der Waals surface area contributed by atoms with Crippen LogP contribution >= 0.6 is 0 Å². The average molecular weight is 211 g/mol. The third kappa shape index (κ3) is 4.14. The van der Waals surface area contributed by atoms with Crippen molar-refractivity contribution < 1.29 is 0 Å². The van der Waals surface area contributed by atoms with Crippen LogP contribution in [-0.4, -0.2) is 12.6 Å². The smallest absolute Gasteiger partial charge is 0.00977 e. The molecule has 15 heavy (non-hydrogen) atoms. The topological polar surface area (TPSA) is 12.0 Å². The zero-order valence-corrected chi connectivity index (χ0v) is 10.9. The minimum Gasteiger partial charge on any atom is -0.314 e. The van der Waals surface area contributed by atoms with Gasteiger partial charge in [-0.25, -0.2) is 0 Å². The lowest BCUT2D eigenvalue weighted by Crippen LogP contribution is -2.38. The lowest BCUT2D eigenvalue weighted by molar-refractivity contribution is 0.238. The second-order valence-electron chi connectivity index (χ2n) is 5.23. The summed E-state index contributed by atoms with van der Waals surface area (Å²) in [4.78, 5) is 0. The van der Waals surface area contributed by atoms with Crippen LogP contribution in [0.1, 0.15) is 65.7 Å². The molecule has 1 N–H and O–H groups in total. The van der Waals surface area contributed by atoms with E-state index in [-0.39, 0.29) is 0 Å². The van der Waals surface area contributed by atoms with E-state index in [2.05, 4.69) is 26.1 Å². The van der Waals surface area contributed by atoms with Gasteiger partial charge in [0.05, 0.1) is 0 Å². The fraction of sp³-hybridized carbons (Fsp3) is 1.00. The quantitative estimate of drug-likeness (QED) is 0.678. The van der Waals surface area contributed by atoms with Crippen LogP contribution in [0.2, 0.25) is 0 Å². The van der Waals surface area contributed by atoms with E-state index in [1.165, 1.54) is 44.9 Å². The zero-order chi connectivity index (χ0) is 11.1. The predicted molar refractivity (Wildman–Crippen MR) is 68.1 cm³/mol. The maximum atomic E-state index is 3.71. The maximum Gasteiger partial charge on any atom is 0.00977 e. The Morgan fingerprint density at radius 1 is 1.13 bits per heavy atom. The van der Waals surface area contributed by atoms with E-state index in [0.29, 0.717) is 0 Å². The van der Waals surface area contributed by atoms with Gasteiger partial charge in [-0.3, -0.25) is 0 Å². The fourth-order valence-electron chi connectivity index (χ4n) is 3.20. The number of nitrogens with one attached hydrogen (secondary N) is 1. The largest absolute Gasteiger partial charge is 0.314 e. The van der Waals surface area contributed by atoms with E-state index in [0.717, 1.165) is 24.4 Å². The van der Waals surface area contributed by atoms with E-state index >= 15 is 0 Å². The molecule has 1 heteroatoms. The second kappa shape index (κ2) is 7.27. The van der Waals surface area contributed by atoms with Gasteiger partial charge in [-0.2, -0.15) is 0 Å². The minimum atomic E-state index is 0.805. The van der Waals surface area contributed by atoms with Crippen molar-refractivity contribution in [1.29, 1.82) is 0 Å². The molecule has 3 atom stereocenters. The Morgan fingerprint density at radius 3 is 2.53 bits per heavy atom. The highest BCUT2D eigenvalue weighted by molar-refractivity contribution is 4.82. The first kappa shape index (κ1) is 13.0. The Morgan fingerprint density at radius 2 is 1.87 bits per heavy atom. The van der Waals surface area contributed by atoms with Gasteiger partial charge in [0.25, 0.3) is 0 Å². The lowest BCUT2D eigenvalue weighted by atomic mass is 9.81. The van der Waals surface area contributed by atoms with E-state index < -0.39 is 0 Å². The van der Waals surface area contributed by atoms with Crippen molar-refractivity contribution in [2.24, 2.45) is 11.8 Å². The molecule has 1 nitrogen and oxygen atoms in total. The normalized spacial score (nSPS) is 29.8. The Bertz CT molecular complexity index is 155. The number of hydrogen-bond donors (Lipinski definition) is 1. The summed E-state index contributed by atoms with van der Waals surface area (Å²) in [6.07, 6.45) is 9.97. The molecule has 0 heterocycles. The zero-order valence-electron chi connectivity index (χ0n) is 10.9. The predicted octanol–water partition coefficient (Wildman–Crippen LogP) is 3.98. The van der Waals surface area contributed by atoms with Gasteiger partial charge >= 0.3 is 0 Å². The molecular weight excluding hydrogens is 182 g/mol. The van der Waals surface area contributed by atoms with Crippen LogP contribution in [-0.2, 0) is 0 Å². The van der Waals surface area contributed by atoms with Gasteiger partial charge in [0, 0.05) is 6.04 Å². The standard InChI is InChI=1S/C14H29N/c1-4-9-12(3)13-10-7-6-8-11-14(13)15-5-2/h12-15H,4-11H2,1-3H3. The van der Waals surface area contributed by atoms with Crippen molar-refractivity contribution in [2.75, 3.05) is 6.54 Å². The molecule has 0 saturated heterocycles. The van der Waals surface area contributed by atoms with E-state index in [9.17, 15) is 0 Å². The van der Waals surface area contributed by atoms with Crippen LogP contribution in [0.15, 0.2) is 0 Å². The first-order chi connectivity index (χ1) is 7.29. The Kier molecular flexibility index (Phi) is 6.31. The molecule has 1 aliphatic carbocycles. The summed E-state index contributed by atoms with van der Waals surface area (Å²) in [6, 6.07) is 0.805. The summed E-state index contributed by atoms with van der Waals surface area (Å²) in [5.41, 5.74) is 0. The van der Waals surface area contributed by atoms with Crippen molar-refractivity contribution in [3.63, 3.8) is 0 Å². The molecule has 0 bridgehead atoms. The highest BCUT2D eigenvalue weighted by atomic mass is 14.9. The van der Waals surface area contributed by atoms with Gasteiger partial charge in [-0.15, -0.1) is 0 Å². The van der Waals surface area contributed by atoms with Crippen LogP contribution in [0.3, 0.4) is 0 Å². The summed E-state index contributed by atoms with van der Waals surface area (Å²) in [5.74, 6) is 1.85. The van der Waals surface area contributed by atoms with Gasteiger partial charge in [-0.05, 0) is 31.2 Å². The summed E-state index contributed by atoms with van der Waals surface area (Å²) < 4.78 is 0. The highest BCUT2D eigenvalue weighted by Gasteiger charge is 2.26. The summed E-state index contributed by atoms with van der Waals surface area (Å²) >= 11 is 0. The summed E-state index contributed by atoms with van der Waals surface area (Å²) in [7, 11) is 0. The monoisotopic (exact) mass is 211 g/mol. The Balaban J connectivity index is 2.52. The molecule has 90 valence electrons. The molecule has 0 aliphatic heterocycles. The molecule has 0 amide bonds. The molecule has 1 saturated carbocycles. The van der Waals surface area contributed by atoms with Crippen molar-refractivity contribution in [3.05, 3.63) is 0 Å². The molecule has 0 radical (unpaired) electrons. The Hall–Kier alpha value is -0.0400. The van der Waals surface area contributed by atoms with Gasteiger partial charge in [0.15, 0.2) is 0 Å². The Labute approximate surface area is 96.0 Å².